The average molecular weight is 266 g/mol. The summed E-state index contributed by atoms with van der Waals surface area (Å²) in [7, 11) is 3.58. The molecule has 5 nitrogen and oxygen atoms in total. The first-order chi connectivity index (χ1) is 8.72. The zero-order valence-corrected chi connectivity index (χ0v) is 11.5. The van der Waals surface area contributed by atoms with E-state index in [0.717, 1.165) is 36.0 Å². The van der Waals surface area contributed by atoms with Crippen LogP contribution in [0.5, 0.6) is 0 Å². The highest BCUT2D eigenvalue weighted by atomic mass is 32.1. The number of nitrogens with two attached hydrogens (primary N) is 1. The zero-order chi connectivity index (χ0) is 13.0. The number of thiophene rings is 1. The van der Waals surface area contributed by atoms with E-state index in [2.05, 4.69) is 10.1 Å². The molecule has 6 heteroatoms. The monoisotopic (exact) mass is 266 g/mol. The van der Waals surface area contributed by atoms with Gasteiger partial charge in [-0.25, -0.2) is 4.98 Å². The van der Waals surface area contributed by atoms with Gasteiger partial charge in [0.1, 0.15) is 5.82 Å². The van der Waals surface area contributed by atoms with Crippen LogP contribution in [-0.4, -0.2) is 28.5 Å². The quantitative estimate of drug-likeness (QED) is 0.812. The number of methoxy groups -OCH3 is 1. The molecule has 0 amide bonds. The van der Waals surface area contributed by atoms with E-state index in [1.807, 2.05) is 24.6 Å². The Kier molecular flexibility index (Phi) is 4.46. The third-order valence-corrected chi connectivity index (χ3v) is 3.60. The Morgan fingerprint density at radius 3 is 3.06 bits per heavy atom. The number of hydrogen-bond acceptors (Lipinski definition) is 5. The molecule has 0 saturated carbocycles. The lowest BCUT2D eigenvalue weighted by Gasteiger charge is -2.09. The second-order valence-corrected chi connectivity index (χ2v) is 5.08. The summed E-state index contributed by atoms with van der Waals surface area (Å²) < 4.78 is 6.80. The van der Waals surface area contributed by atoms with Crippen LogP contribution in [0.4, 0.5) is 0 Å². The molecule has 2 aromatic heterocycles. The highest BCUT2D eigenvalue weighted by molar-refractivity contribution is 7.13. The second kappa shape index (κ2) is 6.08. The Labute approximate surface area is 111 Å². The Morgan fingerprint density at radius 1 is 1.56 bits per heavy atom. The van der Waals surface area contributed by atoms with E-state index in [1.54, 1.807) is 23.1 Å². The highest BCUT2D eigenvalue weighted by Crippen LogP contribution is 2.23. The summed E-state index contributed by atoms with van der Waals surface area (Å²) in [6.45, 7) is 0.726. The normalized spacial score (nSPS) is 12.8. The van der Waals surface area contributed by atoms with Crippen molar-refractivity contribution in [2.24, 2.45) is 12.8 Å². The fourth-order valence-electron chi connectivity index (χ4n) is 1.81. The largest absolute Gasteiger partial charge is 0.385 e. The van der Waals surface area contributed by atoms with Crippen LogP contribution in [0.15, 0.2) is 17.5 Å². The summed E-state index contributed by atoms with van der Waals surface area (Å²) in [4.78, 5) is 5.60. The van der Waals surface area contributed by atoms with Gasteiger partial charge >= 0.3 is 0 Å². The summed E-state index contributed by atoms with van der Waals surface area (Å²) in [6, 6.07) is 3.92. The van der Waals surface area contributed by atoms with E-state index in [0.29, 0.717) is 0 Å². The number of aryl methyl sites for hydroxylation is 1. The van der Waals surface area contributed by atoms with Gasteiger partial charge in [0.25, 0.3) is 0 Å². The lowest BCUT2D eigenvalue weighted by Crippen LogP contribution is -2.16. The third kappa shape index (κ3) is 2.95. The van der Waals surface area contributed by atoms with Gasteiger partial charge in [0.2, 0.25) is 0 Å². The van der Waals surface area contributed by atoms with Crippen LogP contribution in [0.25, 0.3) is 10.7 Å². The SMILES string of the molecule is COCCCC(N)c1nc(-c2cccs2)nn1C. The Bertz CT molecular complexity index is 480. The van der Waals surface area contributed by atoms with Gasteiger partial charge in [-0.3, -0.25) is 4.68 Å². The molecule has 0 aliphatic rings. The van der Waals surface area contributed by atoms with Gasteiger partial charge in [-0.05, 0) is 24.3 Å². The van der Waals surface area contributed by atoms with Crippen molar-refractivity contribution >= 4 is 11.3 Å². The molecule has 0 saturated heterocycles. The van der Waals surface area contributed by atoms with Crippen molar-refractivity contribution in [1.82, 2.24) is 14.8 Å². The van der Waals surface area contributed by atoms with Crippen LogP contribution in [0.1, 0.15) is 24.7 Å². The fraction of sp³-hybridized carbons (Fsp3) is 0.500. The zero-order valence-electron chi connectivity index (χ0n) is 10.7. The molecule has 0 aliphatic heterocycles. The predicted molar refractivity (Wildman–Crippen MR) is 72.4 cm³/mol. The minimum atomic E-state index is -0.0913. The van der Waals surface area contributed by atoms with E-state index in [-0.39, 0.29) is 6.04 Å². The van der Waals surface area contributed by atoms with Crippen LogP contribution in [0.3, 0.4) is 0 Å². The van der Waals surface area contributed by atoms with Gasteiger partial charge < -0.3 is 10.5 Å². The Balaban J connectivity index is 2.09. The van der Waals surface area contributed by atoms with E-state index in [9.17, 15) is 0 Å². The third-order valence-electron chi connectivity index (χ3n) is 2.73. The molecule has 0 aromatic carbocycles. The van der Waals surface area contributed by atoms with Crippen LogP contribution in [-0.2, 0) is 11.8 Å². The Hall–Kier alpha value is -1.24. The topological polar surface area (TPSA) is 66.0 Å². The first-order valence-corrected chi connectivity index (χ1v) is 6.79. The summed E-state index contributed by atoms with van der Waals surface area (Å²) in [5.74, 6) is 1.58. The van der Waals surface area contributed by atoms with Crippen LogP contribution in [0.2, 0.25) is 0 Å². The van der Waals surface area contributed by atoms with Crippen molar-refractivity contribution in [3.8, 4) is 10.7 Å². The van der Waals surface area contributed by atoms with Crippen molar-refractivity contribution in [3.05, 3.63) is 23.3 Å². The Morgan fingerprint density at radius 2 is 2.39 bits per heavy atom. The molecule has 2 heterocycles. The molecule has 2 aromatic rings. The van der Waals surface area contributed by atoms with Crippen molar-refractivity contribution in [2.75, 3.05) is 13.7 Å². The molecule has 1 unspecified atom stereocenters. The molecular formula is C12H18N4OS. The van der Waals surface area contributed by atoms with Crippen LogP contribution in [0, 0.1) is 0 Å². The number of hydrogen-bond donors (Lipinski definition) is 1. The first-order valence-electron chi connectivity index (χ1n) is 5.91. The molecule has 2 N–H and O–H groups in total. The van der Waals surface area contributed by atoms with Crippen molar-refractivity contribution in [1.29, 1.82) is 0 Å². The molecule has 0 radical (unpaired) electrons. The molecule has 0 bridgehead atoms. The predicted octanol–water partition coefficient (Wildman–Crippen LogP) is 1.97. The molecule has 2 rings (SSSR count). The fourth-order valence-corrected chi connectivity index (χ4v) is 2.46. The molecule has 98 valence electrons. The maximum absolute atomic E-state index is 6.13. The smallest absolute Gasteiger partial charge is 0.191 e. The molecule has 0 spiro atoms. The molecule has 18 heavy (non-hydrogen) atoms. The minimum absolute atomic E-state index is 0.0913. The van der Waals surface area contributed by atoms with Gasteiger partial charge in [0.05, 0.1) is 10.9 Å². The van der Waals surface area contributed by atoms with Gasteiger partial charge in [-0.2, -0.15) is 5.10 Å². The summed E-state index contributed by atoms with van der Waals surface area (Å²) >= 11 is 1.63. The van der Waals surface area contributed by atoms with Crippen molar-refractivity contribution < 1.29 is 4.74 Å². The van der Waals surface area contributed by atoms with E-state index >= 15 is 0 Å². The number of ether oxygens (including phenoxy) is 1. The maximum atomic E-state index is 6.13. The van der Waals surface area contributed by atoms with Gasteiger partial charge in [-0.1, -0.05) is 6.07 Å². The molecule has 0 fully saturated rings. The number of aromatic nitrogens is 3. The van der Waals surface area contributed by atoms with E-state index < -0.39 is 0 Å². The highest BCUT2D eigenvalue weighted by Gasteiger charge is 2.15. The van der Waals surface area contributed by atoms with Crippen molar-refractivity contribution in [3.63, 3.8) is 0 Å². The lowest BCUT2D eigenvalue weighted by atomic mass is 10.1. The average Bonchev–Trinajstić information content (AvgIpc) is 2.97. The van der Waals surface area contributed by atoms with Crippen molar-refractivity contribution in [2.45, 2.75) is 18.9 Å². The van der Waals surface area contributed by atoms with Crippen LogP contribution < -0.4 is 5.73 Å². The maximum Gasteiger partial charge on any atom is 0.191 e. The van der Waals surface area contributed by atoms with Crippen LogP contribution >= 0.6 is 11.3 Å². The minimum Gasteiger partial charge on any atom is -0.385 e. The summed E-state index contributed by atoms with van der Waals surface area (Å²) in [5, 5.41) is 6.42. The van der Waals surface area contributed by atoms with Gasteiger partial charge in [0, 0.05) is 20.8 Å². The van der Waals surface area contributed by atoms with Gasteiger partial charge in [-0.15, -0.1) is 11.3 Å². The molecular weight excluding hydrogens is 248 g/mol. The lowest BCUT2D eigenvalue weighted by molar-refractivity contribution is 0.190. The molecule has 0 aliphatic carbocycles. The number of rotatable bonds is 6. The molecule has 1 atom stereocenters. The summed E-state index contributed by atoms with van der Waals surface area (Å²) in [6.07, 6.45) is 1.78. The van der Waals surface area contributed by atoms with E-state index in [4.69, 9.17) is 10.5 Å². The standard InChI is InChI=1S/C12H18N4OS/c1-16-12(9(13)5-3-7-17-2)14-11(15-16)10-6-4-8-18-10/h4,6,8-9H,3,5,7,13H2,1-2H3. The van der Waals surface area contributed by atoms with Gasteiger partial charge in [0.15, 0.2) is 5.82 Å². The summed E-state index contributed by atoms with van der Waals surface area (Å²) in [5.41, 5.74) is 6.13. The second-order valence-electron chi connectivity index (χ2n) is 4.14. The first kappa shape index (κ1) is 13.2. The number of nitrogens with zero attached hydrogens (tertiary/aromatic N) is 3. The van der Waals surface area contributed by atoms with E-state index in [1.165, 1.54) is 0 Å².